The Balaban J connectivity index is 1.47. The number of hydrogen-bond donors (Lipinski definition) is 0. The molecule has 0 spiro atoms. The Bertz CT molecular complexity index is 682. The Morgan fingerprint density at radius 2 is 1.58 bits per heavy atom. The van der Waals surface area contributed by atoms with Crippen LogP contribution in [0.2, 0.25) is 0 Å². The van der Waals surface area contributed by atoms with Crippen LogP contribution in [0.15, 0.2) is 24.3 Å². The molecule has 0 amide bonds. The first-order chi connectivity index (χ1) is 15.1. The van der Waals surface area contributed by atoms with Crippen LogP contribution in [0.4, 0.5) is 8.78 Å². The van der Waals surface area contributed by atoms with E-state index in [0.717, 1.165) is 62.7 Å². The average molecular weight is 433 g/mol. The van der Waals surface area contributed by atoms with Crippen LogP contribution >= 0.6 is 0 Å². The summed E-state index contributed by atoms with van der Waals surface area (Å²) in [6.45, 7) is 4.66. The van der Waals surface area contributed by atoms with Crippen molar-refractivity contribution in [3.63, 3.8) is 0 Å². The third-order valence-electron chi connectivity index (χ3n) is 7.83. The van der Waals surface area contributed by atoms with Crippen LogP contribution in [0.25, 0.3) is 0 Å². The Morgan fingerprint density at radius 1 is 0.903 bits per heavy atom. The minimum Gasteiger partial charge on any atom is -0.490 e. The molecule has 0 N–H and O–H groups in total. The SMILES string of the molecule is C/C=C/CCC1CCC(C2CCC(c3ccc(OCCCCC)c(F)c3F)CC2)CC1. The molecule has 3 heteroatoms. The number of ether oxygens (including phenoxy) is 1. The highest BCUT2D eigenvalue weighted by atomic mass is 19.2. The maximum absolute atomic E-state index is 14.8. The summed E-state index contributed by atoms with van der Waals surface area (Å²) >= 11 is 0. The van der Waals surface area contributed by atoms with Crippen molar-refractivity contribution in [1.29, 1.82) is 0 Å². The number of hydrogen-bond acceptors (Lipinski definition) is 1. The molecule has 1 aromatic carbocycles. The van der Waals surface area contributed by atoms with Crippen molar-refractivity contribution < 1.29 is 13.5 Å². The second kappa shape index (κ2) is 12.6. The van der Waals surface area contributed by atoms with E-state index in [0.29, 0.717) is 12.2 Å². The van der Waals surface area contributed by atoms with E-state index in [4.69, 9.17) is 4.74 Å². The van der Waals surface area contributed by atoms with Gasteiger partial charge in [0.1, 0.15) is 0 Å². The second-order valence-electron chi connectivity index (χ2n) is 9.88. The van der Waals surface area contributed by atoms with Crippen LogP contribution in [0, 0.1) is 29.4 Å². The lowest BCUT2D eigenvalue weighted by Gasteiger charge is -2.38. The zero-order valence-electron chi connectivity index (χ0n) is 19.7. The van der Waals surface area contributed by atoms with E-state index in [9.17, 15) is 8.78 Å². The molecular weight excluding hydrogens is 390 g/mol. The molecule has 2 aliphatic carbocycles. The number of rotatable bonds is 10. The van der Waals surface area contributed by atoms with Gasteiger partial charge < -0.3 is 4.74 Å². The summed E-state index contributed by atoms with van der Waals surface area (Å²) in [5, 5.41) is 0. The first-order valence-electron chi connectivity index (χ1n) is 12.9. The van der Waals surface area contributed by atoms with Gasteiger partial charge in [0, 0.05) is 0 Å². The molecule has 1 aromatic rings. The Labute approximate surface area is 188 Å². The third-order valence-corrected chi connectivity index (χ3v) is 7.83. The normalized spacial score (nSPS) is 27.0. The molecule has 0 heterocycles. The molecule has 0 radical (unpaired) electrons. The van der Waals surface area contributed by atoms with Crippen LogP contribution in [0.3, 0.4) is 0 Å². The van der Waals surface area contributed by atoms with Gasteiger partial charge in [0.15, 0.2) is 11.6 Å². The van der Waals surface area contributed by atoms with Crippen molar-refractivity contribution in [2.75, 3.05) is 6.61 Å². The molecule has 0 aliphatic heterocycles. The van der Waals surface area contributed by atoms with Crippen molar-refractivity contribution in [2.24, 2.45) is 17.8 Å². The highest BCUT2D eigenvalue weighted by Gasteiger charge is 2.32. The lowest BCUT2D eigenvalue weighted by molar-refractivity contribution is 0.156. The first-order valence-corrected chi connectivity index (χ1v) is 12.9. The molecule has 174 valence electrons. The minimum atomic E-state index is -0.799. The summed E-state index contributed by atoms with van der Waals surface area (Å²) in [6, 6.07) is 3.41. The third kappa shape index (κ3) is 6.80. The van der Waals surface area contributed by atoms with Crippen LogP contribution in [0.1, 0.15) is 109 Å². The van der Waals surface area contributed by atoms with Gasteiger partial charge in [0.25, 0.3) is 0 Å². The Hall–Kier alpha value is -1.38. The summed E-state index contributed by atoms with van der Waals surface area (Å²) in [5.74, 6) is 1.27. The Kier molecular flexibility index (Phi) is 9.87. The number of unbranched alkanes of at least 4 members (excludes halogenated alkanes) is 2. The molecule has 0 saturated heterocycles. The Morgan fingerprint density at radius 3 is 2.23 bits per heavy atom. The van der Waals surface area contributed by atoms with Crippen molar-refractivity contribution in [1.82, 2.24) is 0 Å². The molecule has 2 aliphatic rings. The molecule has 0 aromatic heterocycles. The zero-order valence-corrected chi connectivity index (χ0v) is 19.7. The highest BCUT2D eigenvalue weighted by molar-refractivity contribution is 5.33. The summed E-state index contributed by atoms with van der Waals surface area (Å²) in [7, 11) is 0. The van der Waals surface area contributed by atoms with E-state index in [2.05, 4.69) is 26.0 Å². The number of halogens is 2. The summed E-state index contributed by atoms with van der Waals surface area (Å²) < 4.78 is 34.8. The van der Waals surface area contributed by atoms with E-state index >= 15 is 0 Å². The summed E-state index contributed by atoms with van der Waals surface area (Å²) in [5.41, 5.74) is 0.560. The summed E-state index contributed by atoms with van der Waals surface area (Å²) in [6.07, 6.45) is 19.8. The van der Waals surface area contributed by atoms with Crippen molar-refractivity contribution in [3.05, 3.63) is 41.5 Å². The molecule has 0 bridgehead atoms. The van der Waals surface area contributed by atoms with Gasteiger partial charge in [-0.05, 0) is 100 Å². The summed E-state index contributed by atoms with van der Waals surface area (Å²) in [4.78, 5) is 0. The zero-order chi connectivity index (χ0) is 22.1. The van der Waals surface area contributed by atoms with Crippen molar-refractivity contribution in [2.45, 2.75) is 103 Å². The molecule has 3 rings (SSSR count). The number of allylic oxidation sites excluding steroid dienone is 2. The second-order valence-corrected chi connectivity index (χ2v) is 9.88. The van der Waals surface area contributed by atoms with Crippen LogP contribution in [0.5, 0.6) is 5.75 Å². The van der Waals surface area contributed by atoms with Crippen LogP contribution < -0.4 is 4.74 Å². The fourth-order valence-electron chi connectivity index (χ4n) is 5.86. The molecule has 0 unspecified atom stereocenters. The maximum atomic E-state index is 14.8. The molecule has 2 saturated carbocycles. The monoisotopic (exact) mass is 432 g/mol. The smallest absolute Gasteiger partial charge is 0.200 e. The van der Waals surface area contributed by atoms with Gasteiger partial charge in [-0.1, -0.05) is 50.8 Å². The predicted molar refractivity (Wildman–Crippen MR) is 126 cm³/mol. The fourth-order valence-corrected chi connectivity index (χ4v) is 5.86. The standard InChI is InChI=1S/C28H42F2O/c1-3-5-7-9-21-10-12-22(13-11-21)23-14-16-24(17-15-23)25-18-19-26(28(30)27(25)29)31-20-8-6-4-2/h3,5,18-19,21-24H,4,6-17,20H2,1-2H3/b5-3+. The van der Waals surface area contributed by atoms with Gasteiger partial charge in [-0.2, -0.15) is 4.39 Å². The van der Waals surface area contributed by atoms with E-state index in [1.54, 1.807) is 12.1 Å². The van der Waals surface area contributed by atoms with Crippen LogP contribution in [-0.4, -0.2) is 6.61 Å². The highest BCUT2D eigenvalue weighted by Crippen LogP contribution is 2.45. The maximum Gasteiger partial charge on any atom is 0.200 e. The molecule has 2 fully saturated rings. The van der Waals surface area contributed by atoms with E-state index < -0.39 is 11.6 Å². The fraction of sp³-hybridized carbons (Fsp3) is 0.714. The number of benzene rings is 1. The minimum absolute atomic E-state index is 0.0669. The lowest BCUT2D eigenvalue weighted by atomic mass is 9.68. The van der Waals surface area contributed by atoms with Crippen molar-refractivity contribution in [3.8, 4) is 5.75 Å². The van der Waals surface area contributed by atoms with E-state index in [-0.39, 0.29) is 11.7 Å². The predicted octanol–water partition coefficient (Wildman–Crippen LogP) is 8.97. The van der Waals surface area contributed by atoms with E-state index in [1.165, 1.54) is 38.5 Å². The molecular formula is C28H42F2O. The molecule has 0 atom stereocenters. The van der Waals surface area contributed by atoms with E-state index in [1.807, 2.05) is 0 Å². The quantitative estimate of drug-likeness (QED) is 0.265. The largest absolute Gasteiger partial charge is 0.490 e. The van der Waals surface area contributed by atoms with Gasteiger partial charge in [-0.3, -0.25) is 0 Å². The molecule has 31 heavy (non-hydrogen) atoms. The van der Waals surface area contributed by atoms with Gasteiger partial charge in [-0.25, -0.2) is 4.39 Å². The van der Waals surface area contributed by atoms with Gasteiger partial charge in [0.2, 0.25) is 5.82 Å². The van der Waals surface area contributed by atoms with Gasteiger partial charge in [0.05, 0.1) is 6.61 Å². The topological polar surface area (TPSA) is 9.23 Å². The first kappa shape index (κ1) is 24.3. The average Bonchev–Trinajstić information content (AvgIpc) is 2.80. The molecule has 1 nitrogen and oxygen atoms in total. The van der Waals surface area contributed by atoms with Gasteiger partial charge in [-0.15, -0.1) is 0 Å². The lowest BCUT2D eigenvalue weighted by Crippen LogP contribution is -2.25. The van der Waals surface area contributed by atoms with Crippen LogP contribution in [-0.2, 0) is 0 Å². The van der Waals surface area contributed by atoms with Crippen molar-refractivity contribution >= 4 is 0 Å². The van der Waals surface area contributed by atoms with Gasteiger partial charge >= 0.3 is 0 Å².